The molecule has 1 aromatic heterocycles. The molecule has 21 heavy (non-hydrogen) atoms. The first-order chi connectivity index (χ1) is 10.2. The third-order valence-corrected chi connectivity index (χ3v) is 4.02. The number of hydrogen-bond donors (Lipinski definition) is 1. The minimum atomic E-state index is -0.374. The molecule has 0 atom stereocenters. The number of benzene rings is 1. The van der Waals surface area contributed by atoms with Crippen molar-refractivity contribution >= 4 is 5.69 Å². The maximum Gasteiger partial charge on any atom is 0.280 e. The first-order valence-corrected chi connectivity index (χ1v) is 7.08. The van der Waals surface area contributed by atoms with Crippen LogP contribution in [0, 0.1) is 10.1 Å². The summed E-state index contributed by atoms with van der Waals surface area (Å²) in [6.45, 7) is 1.52. The molecule has 106 valence electrons. The third kappa shape index (κ3) is 2.08. The Morgan fingerprint density at radius 2 is 2.00 bits per heavy atom. The van der Waals surface area contributed by atoms with Crippen molar-refractivity contribution in [3.63, 3.8) is 0 Å². The van der Waals surface area contributed by atoms with Crippen LogP contribution in [0.25, 0.3) is 11.4 Å². The molecule has 1 saturated carbocycles. The lowest BCUT2D eigenvalue weighted by Gasteiger charge is -2.09. The highest BCUT2D eigenvalue weighted by molar-refractivity contribution is 5.68. The highest BCUT2D eigenvalue weighted by atomic mass is 16.6. The predicted molar refractivity (Wildman–Crippen MR) is 76.6 cm³/mol. The van der Waals surface area contributed by atoms with Gasteiger partial charge in [0, 0.05) is 30.6 Å². The quantitative estimate of drug-likeness (QED) is 0.691. The molecule has 0 saturated heterocycles. The van der Waals surface area contributed by atoms with E-state index in [1.165, 1.54) is 11.6 Å². The molecule has 1 N–H and O–H groups in total. The first kappa shape index (κ1) is 12.4. The van der Waals surface area contributed by atoms with Crippen LogP contribution in [-0.2, 0) is 13.1 Å². The molecular weight excluding hydrogens is 268 g/mol. The zero-order chi connectivity index (χ0) is 14.4. The van der Waals surface area contributed by atoms with Gasteiger partial charge in [0.25, 0.3) is 5.69 Å². The average Bonchev–Trinajstić information content (AvgIpc) is 3.23. The summed E-state index contributed by atoms with van der Waals surface area (Å²) >= 11 is 0. The standard InChI is InChI=1S/C15H14N4O2/c20-19(21)13-4-2-1-3-10(13)15-17-12-8-16-7-11(12)14(18-15)9-5-6-9/h1-4,9,16H,5-8H2. The van der Waals surface area contributed by atoms with Crippen molar-refractivity contribution in [2.24, 2.45) is 0 Å². The van der Waals surface area contributed by atoms with Crippen LogP contribution in [0.4, 0.5) is 5.69 Å². The van der Waals surface area contributed by atoms with Crippen molar-refractivity contribution in [3.8, 4) is 11.4 Å². The highest BCUT2D eigenvalue weighted by Gasteiger charge is 2.32. The second kappa shape index (κ2) is 4.60. The molecule has 0 spiro atoms. The predicted octanol–water partition coefficient (Wildman–Crippen LogP) is 2.53. The smallest absolute Gasteiger partial charge is 0.280 e. The van der Waals surface area contributed by atoms with Crippen LogP contribution >= 0.6 is 0 Å². The van der Waals surface area contributed by atoms with E-state index in [0.717, 1.165) is 30.8 Å². The number of nitrogens with zero attached hydrogens (tertiary/aromatic N) is 3. The van der Waals surface area contributed by atoms with E-state index < -0.39 is 0 Å². The number of rotatable bonds is 3. The molecule has 0 unspecified atom stereocenters. The maximum atomic E-state index is 11.2. The molecule has 1 aliphatic heterocycles. The van der Waals surface area contributed by atoms with Crippen molar-refractivity contribution in [1.29, 1.82) is 0 Å². The largest absolute Gasteiger partial charge is 0.307 e. The van der Waals surface area contributed by atoms with Gasteiger partial charge in [0.05, 0.1) is 21.9 Å². The Bertz CT molecular complexity index is 740. The Morgan fingerprint density at radius 3 is 2.76 bits per heavy atom. The van der Waals surface area contributed by atoms with Gasteiger partial charge in [-0.2, -0.15) is 0 Å². The molecule has 2 aliphatic rings. The van der Waals surface area contributed by atoms with Crippen LogP contribution in [0.3, 0.4) is 0 Å². The van der Waals surface area contributed by atoms with E-state index in [2.05, 4.69) is 15.3 Å². The fraction of sp³-hybridized carbons (Fsp3) is 0.333. The van der Waals surface area contributed by atoms with E-state index in [1.807, 2.05) is 0 Å². The molecule has 1 aliphatic carbocycles. The Morgan fingerprint density at radius 1 is 1.19 bits per heavy atom. The fourth-order valence-electron chi connectivity index (χ4n) is 2.83. The molecule has 1 fully saturated rings. The number of nitro benzene ring substituents is 1. The normalized spacial score (nSPS) is 16.8. The van der Waals surface area contributed by atoms with Gasteiger partial charge in [0.1, 0.15) is 0 Å². The third-order valence-electron chi connectivity index (χ3n) is 4.02. The summed E-state index contributed by atoms with van der Waals surface area (Å²) < 4.78 is 0. The summed E-state index contributed by atoms with van der Waals surface area (Å²) in [5.41, 5.74) is 3.82. The highest BCUT2D eigenvalue weighted by Crippen LogP contribution is 2.42. The fourth-order valence-corrected chi connectivity index (χ4v) is 2.83. The second-order valence-electron chi connectivity index (χ2n) is 5.51. The van der Waals surface area contributed by atoms with Crippen LogP contribution in [-0.4, -0.2) is 14.9 Å². The molecule has 2 aromatic rings. The minimum absolute atomic E-state index is 0.0603. The Labute approximate surface area is 121 Å². The molecule has 2 heterocycles. The lowest BCUT2D eigenvalue weighted by molar-refractivity contribution is -0.384. The number of para-hydroxylation sites is 1. The van der Waals surface area contributed by atoms with Gasteiger partial charge in [-0.15, -0.1) is 0 Å². The lowest BCUT2D eigenvalue weighted by atomic mass is 10.1. The van der Waals surface area contributed by atoms with Crippen LogP contribution in [0.1, 0.15) is 35.7 Å². The molecule has 6 nitrogen and oxygen atoms in total. The van der Waals surface area contributed by atoms with Gasteiger partial charge in [0.2, 0.25) is 0 Å². The Hall–Kier alpha value is -2.34. The average molecular weight is 282 g/mol. The van der Waals surface area contributed by atoms with E-state index in [1.54, 1.807) is 18.2 Å². The molecule has 0 bridgehead atoms. The molecule has 0 radical (unpaired) electrons. The van der Waals surface area contributed by atoms with Gasteiger partial charge in [-0.1, -0.05) is 12.1 Å². The van der Waals surface area contributed by atoms with Gasteiger partial charge in [-0.25, -0.2) is 9.97 Å². The second-order valence-corrected chi connectivity index (χ2v) is 5.51. The zero-order valence-electron chi connectivity index (χ0n) is 11.4. The topological polar surface area (TPSA) is 81.0 Å². The van der Waals surface area contributed by atoms with Gasteiger partial charge in [-0.05, 0) is 18.9 Å². The molecule has 0 amide bonds. The summed E-state index contributed by atoms with van der Waals surface area (Å²) in [6.07, 6.45) is 2.31. The molecule has 4 rings (SSSR count). The SMILES string of the molecule is O=[N+]([O-])c1ccccc1-c1nc2c(c(C3CC3)n1)CNC2. The van der Waals surface area contributed by atoms with Crippen molar-refractivity contribution in [2.45, 2.75) is 31.8 Å². The number of nitrogens with one attached hydrogen (secondary N) is 1. The minimum Gasteiger partial charge on any atom is -0.307 e. The Kier molecular flexibility index (Phi) is 2.71. The number of hydrogen-bond acceptors (Lipinski definition) is 5. The lowest BCUT2D eigenvalue weighted by Crippen LogP contribution is -2.04. The van der Waals surface area contributed by atoms with Crippen molar-refractivity contribution in [2.75, 3.05) is 0 Å². The van der Waals surface area contributed by atoms with Gasteiger partial charge in [-0.3, -0.25) is 10.1 Å². The summed E-state index contributed by atoms with van der Waals surface area (Å²) in [5, 5.41) is 14.5. The van der Waals surface area contributed by atoms with Crippen molar-refractivity contribution in [3.05, 3.63) is 51.3 Å². The summed E-state index contributed by atoms with van der Waals surface area (Å²) in [4.78, 5) is 20.0. The number of nitro groups is 1. The summed E-state index contributed by atoms with van der Waals surface area (Å²) in [5.74, 6) is 0.981. The zero-order valence-corrected chi connectivity index (χ0v) is 11.4. The molecular formula is C15H14N4O2. The van der Waals surface area contributed by atoms with Crippen LogP contribution in [0.2, 0.25) is 0 Å². The summed E-state index contributed by atoms with van der Waals surface area (Å²) in [7, 11) is 0. The van der Waals surface area contributed by atoms with Gasteiger partial charge < -0.3 is 5.32 Å². The van der Waals surface area contributed by atoms with E-state index in [-0.39, 0.29) is 10.6 Å². The van der Waals surface area contributed by atoms with Crippen molar-refractivity contribution < 1.29 is 4.92 Å². The Balaban J connectivity index is 1.90. The number of fused-ring (bicyclic) bond motifs is 1. The van der Waals surface area contributed by atoms with Crippen LogP contribution < -0.4 is 5.32 Å². The van der Waals surface area contributed by atoms with Crippen molar-refractivity contribution in [1.82, 2.24) is 15.3 Å². The van der Waals surface area contributed by atoms with E-state index in [0.29, 0.717) is 23.9 Å². The maximum absolute atomic E-state index is 11.2. The van der Waals surface area contributed by atoms with Crippen LogP contribution in [0.15, 0.2) is 24.3 Å². The van der Waals surface area contributed by atoms with E-state index in [9.17, 15) is 10.1 Å². The molecule has 6 heteroatoms. The molecule has 1 aromatic carbocycles. The van der Waals surface area contributed by atoms with E-state index in [4.69, 9.17) is 0 Å². The van der Waals surface area contributed by atoms with Gasteiger partial charge >= 0.3 is 0 Å². The summed E-state index contributed by atoms with van der Waals surface area (Å²) in [6, 6.07) is 6.67. The first-order valence-electron chi connectivity index (χ1n) is 7.08. The van der Waals surface area contributed by atoms with Gasteiger partial charge in [0.15, 0.2) is 5.82 Å². The monoisotopic (exact) mass is 282 g/mol. The van der Waals surface area contributed by atoms with Crippen LogP contribution in [0.5, 0.6) is 0 Å². The number of aromatic nitrogens is 2. The van der Waals surface area contributed by atoms with E-state index >= 15 is 0 Å².